The molecule has 1 saturated heterocycles. The molecule has 6 heteroatoms. The van der Waals surface area contributed by atoms with Crippen molar-refractivity contribution in [1.82, 2.24) is 10.1 Å². The standard InChI is InChI=1S/C24H26N2O4/c1-16-13-26(14-23(29-16)19-7-5-4-6-8-19)24(27)20-9-11-21(12-10-20)28-15-22-17(2)25-30-18(22)3/h4-12,16,23H,13-15H2,1-3H3. The van der Waals surface area contributed by atoms with E-state index < -0.39 is 0 Å². The van der Waals surface area contributed by atoms with Crippen molar-refractivity contribution in [3.05, 3.63) is 82.7 Å². The Hall–Kier alpha value is -3.12. The monoisotopic (exact) mass is 406 g/mol. The van der Waals surface area contributed by atoms with Gasteiger partial charge in [-0.1, -0.05) is 35.5 Å². The molecule has 1 aromatic heterocycles. The Kier molecular flexibility index (Phi) is 5.86. The SMILES string of the molecule is Cc1noc(C)c1COc1ccc(C(=O)N2CC(C)OC(c3ccccc3)C2)cc1. The molecule has 6 nitrogen and oxygen atoms in total. The van der Waals surface area contributed by atoms with E-state index in [9.17, 15) is 4.79 Å². The number of hydrogen-bond acceptors (Lipinski definition) is 5. The number of hydrogen-bond donors (Lipinski definition) is 0. The smallest absolute Gasteiger partial charge is 0.254 e. The highest BCUT2D eigenvalue weighted by molar-refractivity contribution is 5.94. The molecule has 0 radical (unpaired) electrons. The van der Waals surface area contributed by atoms with E-state index >= 15 is 0 Å². The van der Waals surface area contributed by atoms with Crippen LogP contribution in [0.3, 0.4) is 0 Å². The van der Waals surface area contributed by atoms with Gasteiger partial charge in [0.2, 0.25) is 0 Å². The van der Waals surface area contributed by atoms with Gasteiger partial charge in [-0.3, -0.25) is 4.79 Å². The van der Waals surface area contributed by atoms with Crippen LogP contribution in [0, 0.1) is 13.8 Å². The van der Waals surface area contributed by atoms with E-state index in [-0.39, 0.29) is 18.1 Å². The summed E-state index contributed by atoms with van der Waals surface area (Å²) in [6.45, 7) is 7.26. The minimum absolute atomic E-state index is 0.00311. The molecule has 0 aliphatic carbocycles. The summed E-state index contributed by atoms with van der Waals surface area (Å²) in [5, 5.41) is 3.94. The molecule has 0 saturated carbocycles. The van der Waals surface area contributed by atoms with Crippen LogP contribution in [0.5, 0.6) is 5.75 Å². The maximum Gasteiger partial charge on any atom is 0.254 e. The molecule has 2 atom stereocenters. The number of amides is 1. The second kappa shape index (κ2) is 8.71. The van der Waals surface area contributed by atoms with Gasteiger partial charge in [0.05, 0.1) is 23.9 Å². The summed E-state index contributed by atoms with van der Waals surface area (Å²) in [4.78, 5) is 14.9. The molecule has 30 heavy (non-hydrogen) atoms. The second-order valence-corrected chi connectivity index (χ2v) is 7.67. The third kappa shape index (κ3) is 4.39. The Morgan fingerprint density at radius 3 is 2.50 bits per heavy atom. The first-order valence-electron chi connectivity index (χ1n) is 10.2. The summed E-state index contributed by atoms with van der Waals surface area (Å²) < 4.78 is 17.1. The summed E-state index contributed by atoms with van der Waals surface area (Å²) in [7, 11) is 0. The van der Waals surface area contributed by atoms with Gasteiger partial charge in [0.25, 0.3) is 5.91 Å². The number of aromatic nitrogens is 1. The lowest BCUT2D eigenvalue weighted by Gasteiger charge is -2.37. The zero-order valence-electron chi connectivity index (χ0n) is 17.5. The maximum absolute atomic E-state index is 13.1. The lowest BCUT2D eigenvalue weighted by Crippen LogP contribution is -2.45. The van der Waals surface area contributed by atoms with Crippen LogP contribution in [0.15, 0.2) is 59.1 Å². The fourth-order valence-corrected chi connectivity index (χ4v) is 3.71. The molecule has 1 aliphatic rings. The predicted molar refractivity (Wildman–Crippen MR) is 112 cm³/mol. The normalized spacial score (nSPS) is 19.0. The third-order valence-corrected chi connectivity index (χ3v) is 5.38. The van der Waals surface area contributed by atoms with Gasteiger partial charge >= 0.3 is 0 Å². The topological polar surface area (TPSA) is 64.8 Å². The molecule has 2 aromatic carbocycles. The lowest BCUT2D eigenvalue weighted by atomic mass is 10.1. The molecule has 3 aromatic rings. The van der Waals surface area contributed by atoms with Crippen molar-refractivity contribution in [3.8, 4) is 5.75 Å². The van der Waals surface area contributed by atoms with E-state index in [2.05, 4.69) is 5.16 Å². The van der Waals surface area contributed by atoms with Crippen molar-refractivity contribution in [3.63, 3.8) is 0 Å². The third-order valence-electron chi connectivity index (χ3n) is 5.38. The van der Waals surface area contributed by atoms with Gasteiger partial charge in [-0.05, 0) is 50.6 Å². The van der Waals surface area contributed by atoms with Crippen molar-refractivity contribution in [2.75, 3.05) is 13.1 Å². The Balaban J connectivity index is 1.41. The molecular formula is C24H26N2O4. The highest BCUT2D eigenvalue weighted by Gasteiger charge is 2.29. The summed E-state index contributed by atoms with van der Waals surface area (Å²) in [6.07, 6.45) is -0.137. The number of benzene rings is 2. The molecule has 1 aliphatic heterocycles. The van der Waals surface area contributed by atoms with Crippen LogP contribution in [0.2, 0.25) is 0 Å². The van der Waals surface area contributed by atoms with Crippen LogP contribution >= 0.6 is 0 Å². The van der Waals surface area contributed by atoms with Crippen molar-refractivity contribution < 1.29 is 18.8 Å². The first-order chi connectivity index (χ1) is 14.5. The Labute approximate surface area is 176 Å². The Bertz CT molecular complexity index is 978. The first kappa shape index (κ1) is 20.2. The maximum atomic E-state index is 13.1. The van der Waals surface area contributed by atoms with Crippen LogP contribution in [0.25, 0.3) is 0 Å². The second-order valence-electron chi connectivity index (χ2n) is 7.67. The quantitative estimate of drug-likeness (QED) is 0.625. The minimum Gasteiger partial charge on any atom is -0.489 e. The highest BCUT2D eigenvalue weighted by atomic mass is 16.5. The van der Waals surface area contributed by atoms with Crippen LogP contribution in [0.1, 0.15) is 46.0 Å². The fraction of sp³-hybridized carbons (Fsp3) is 0.333. The molecule has 2 heterocycles. The summed E-state index contributed by atoms with van der Waals surface area (Å²) in [5.41, 5.74) is 3.50. The zero-order valence-corrected chi connectivity index (χ0v) is 17.5. The molecule has 2 unspecified atom stereocenters. The molecule has 1 fully saturated rings. The van der Waals surface area contributed by atoms with E-state index in [0.717, 1.165) is 22.6 Å². The van der Waals surface area contributed by atoms with Crippen LogP contribution in [-0.2, 0) is 11.3 Å². The van der Waals surface area contributed by atoms with Gasteiger partial charge in [0.15, 0.2) is 0 Å². The molecule has 1 amide bonds. The summed E-state index contributed by atoms with van der Waals surface area (Å²) in [6, 6.07) is 17.3. The summed E-state index contributed by atoms with van der Waals surface area (Å²) in [5.74, 6) is 1.46. The number of nitrogens with zero attached hydrogens (tertiary/aromatic N) is 2. The highest BCUT2D eigenvalue weighted by Crippen LogP contribution is 2.26. The van der Waals surface area contributed by atoms with Gasteiger partial charge < -0.3 is 18.9 Å². The molecular weight excluding hydrogens is 380 g/mol. The van der Waals surface area contributed by atoms with Crippen molar-refractivity contribution >= 4 is 5.91 Å². The first-order valence-corrected chi connectivity index (χ1v) is 10.2. The predicted octanol–water partition coefficient (Wildman–Crippen LogP) is 4.47. The van der Waals surface area contributed by atoms with E-state index in [1.165, 1.54) is 0 Å². The van der Waals surface area contributed by atoms with E-state index in [0.29, 0.717) is 31.0 Å². The molecule has 4 rings (SSSR count). The van der Waals surface area contributed by atoms with Crippen molar-refractivity contribution in [1.29, 1.82) is 0 Å². The summed E-state index contributed by atoms with van der Waals surface area (Å²) >= 11 is 0. The number of morpholine rings is 1. The number of aryl methyl sites for hydroxylation is 2. The molecule has 156 valence electrons. The van der Waals surface area contributed by atoms with Gasteiger partial charge in [-0.2, -0.15) is 0 Å². The number of rotatable bonds is 5. The lowest BCUT2D eigenvalue weighted by molar-refractivity contribution is -0.0691. The Morgan fingerprint density at radius 2 is 1.83 bits per heavy atom. The largest absolute Gasteiger partial charge is 0.489 e. The number of carbonyl (C=O) groups is 1. The van der Waals surface area contributed by atoms with Crippen LogP contribution < -0.4 is 4.74 Å². The van der Waals surface area contributed by atoms with Crippen molar-refractivity contribution in [2.45, 2.75) is 39.6 Å². The fourth-order valence-electron chi connectivity index (χ4n) is 3.71. The van der Waals surface area contributed by atoms with Gasteiger partial charge in [0, 0.05) is 12.1 Å². The average Bonchev–Trinajstić information content (AvgIpc) is 3.09. The van der Waals surface area contributed by atoms with Gasteiger partial charge in [-0.15, -0.1) is 0 Å². The average molecular weight is 406 g/mol. The van der Waals surface area contributed by atoms with Crippen molar-refractivity contribution in [2.24, 2.45) is 0 Å². The van der Waals surface area contributed by atoms with E-state index in [1.807, 2.05) is 80.3 Å². The minimum atomic E-state index is -0.114. The van der Waals surface area contributed by atoms with E-state index in [1.54, 1.807) is 0 Å². The van der Waals surface area contributed by atoms with Crippen LogP contribution in [0.4, 0.5) is 0 Å². The Morgan fingerprint density at radius 1 is 1.10 bits per heavy atom. The number of ether oxygens (including phenoxy) is 2. The molecule has 0 N–H and O–H groups in total. The van der Waals surface area contributed by atoms with Gasteiger partial charge in [0.1, 0.15) is 24.2 Å². The van der Waals surface area contributed by atoms with E-state index in [4.69, 9.17) is 14.0 Å². The van der Waals surface area contributed by atoms with Crippen LogP contribution in [-0.4, -0.2) is 35.2 Å². The van der Waals surface area contributed by atoms with Gasteiger partial charge in [-0.25, -0.2) is 0 Å². The molecule has 0 spiro atoms. The zero-order chi connectivity index (χ0) is 21.1. The molecule has 0 bridgehead atoms. The number of carbonyl (C=O) groups excluding carboxylic acids is 1.